The highest BCUT2D eigenvalue weighted by Gasteiger charge is 2.41. The summed E-state index contributed by atoms with van der Waals surface area (Å²) in [6.07, 6.45) is 4.54. The molecule has 0 bridgehead atoms. The van der Waals surface area contributed by atoms with Gasteiger partial charge in [0.15, 0.2) is 9.84 Å². The molecule has 130 valence electrons. The summed E-state index contributed by atoms with van der Waals surface area (Å²) < 4.78 is 23.0. The lowest BCUT2D eigenvalue weighted by molar-refractivity contribution is -0.138. The minimum Gasteiger partial charge on any atom is -0.330 e. The van der Waals surface area contributed by atoms with Crippen molar-refractivity contribution in [1.82, 2.24) is 4.90 Å². The van der Waals surface area contributed by atoms with Crippen LogP contribution < -0.4 is 4.90 Å². The molecular weight excluding hydrogens is 328 g/mol. The first-order chi connectivity index (χ1) is 11.3. The molecule has 0 spiro atoms. The zero-order valence-corrected chi connectivity index (χ0v) is 14.8. The van der Waals surface area contributed by atoms with Gasteiger partial charge < -0.3 is 9.80 Å². The Bertz CT molecular complexity index is 753. The van der Waals surface area contributed by atoms with Crippen molar-refractivity contribution < 1.29 is 18.0 Å². The van der Waals surface area contributed by atoms with E-state index in [-0.39, 0.29) is 22.6 Å². The van der Waals surface area contributed by atoms with Crippen LogP contribution in [0.2, 0.25) is 0 Å². The standard InChI is InChI=1S/C17H22N2O4S/c1-18(13-7-9-14(10-8-13)24(2,22)23)17(21)15-4-3-11-19(15)16(20)12-5-6-12/h7-10,12,15H,3-6,11H2,1-2H3. The number of hydrogen-bond acceptors (Lipinski definition) is 4. The first-order valence-electron chi connectivity index (χ1n) is 8.17. The van der Waals surface area contributed by atoms with Crippen LogP contribution in [0.5, 0.6) is 0 Å². The molecule has 1 aromatic rings. The number of likely N-dealkylation sites (tertiary alicyclic amines) is 1. The van der Waals surface area contributed by atoms with Crippen LogP contribution >= 0.6 is 0 Å². The molecule has 0 aromatic heterocycles. The molecule has 2 fully saturated rings. The van der Waals surface area contributed by atoms with Crippen molar-refractivity contribution in [2.24, 2.45) is 5.92 Å². The van der Waals surface area contributed by atoms with Gasteiger partial charge in [-0.2, -0.15) is 0 Å². The lowest BCUT2D eigenvalue weighted by Crippen LogP contribution is -2.47. The van der Waals surface area contributed by atoms with Crippen LogP contribution in [-0.4, -0.2) is 51.0 Å². The van der Waals surface area contributed by atoms with Crippen molar-refractivity contribution >= 4 is 27.3 Å². The van der Waals surface area contributed by atoms with E-state index in [0.29, 0.717) is 18.7 Å². The summed E-state index contributed by atoms with van der Waals surface area (Å²) in [7, 11) is -1.60. The SMILES string of the molecule is CN(C(=O)C1CCCN1C(=O)C1CC1)c1ccc(S(C)(=O)=O)cc1. The zero-order valence-electron chi connectivity index (χ0n) is 13.9. The van der Waals surface area contributed by atoms with Crippen LogP contribution in [-0.2, 0) is 19.4 Å². The third-order valence-corrected chi connectivity index (χ3v) is 5.86. The molecule has 0 N–H and O–H groups in total. The molecule has 6 nitrogen and oxygen atoms in total. The van der Waals surface area contributed by atoms with Gasteiger partial charge in [-0.25, -0.2) is 8.42 Å². The number of nitrogens with zero attached hydrogens (tertiary/aromatic N) is 2. The molecule has 1 aliphatic carbocycles. The number of rotatable bonds is 4. The van der Waals surface area contributed by atoms with Gasteiger partial charge in [0.1, 0.15) is 6.04 Å². The fourth-order valence-corrected chi connectivity index (χ4v) is 3.75. The average Bonchev–Trinajstić information content (AvgIpc) is 3.29. The Morgan fingerprint density at radius 3 is 2.29 bits per heavy atom. The Morgan fingerprint density at radius 2 is 1.75 bits per heavy atom. The number of likely N-dealkylation sites (N-methyl/N-ethyl adjacent to an activating group) is 1. The van der Waals surface area contributed by atoms with Crippen LogP contribution in [0.4, 0.5) is 5.69 Å². The highest BCUT2D eigenvalue weighted by molar-refractivity contribution is 7.90. The monoisotopic (exact) mass is 350 g/mol. The summed E-state index contributed by atoms with van der Waals surface area (Å²) in [6.45, 7) is 0.645. The summed E-state index contributed by atoms with van der Waals surface area (Å²) >= 11 is 0. The molecule has 1 heterocycles. The van der Waals surface area contributed by atoms with Gasteiger partial charge in [0, 0.05) is 31.5 Å². The molecule has 1 unspecified atom stereocenters. The maximum atomic E-state index is 12.8. The normalized spacial score (nSPS) is 20.9. The van der Waals surface area contributed by atoms with E-state index in [9.17, 15) is 18.0 Å². The molecule has 0 radical (unpaired) electrons. The summed E-state index contributed by atoms with van der Waals surface area (Å²) in [4.78, 5) is 28.6. The van der Waals surface area contributed by atoms with Crippen LogP contribution in [0, 0.1) is 5.92 Å². The maximum absolute atomic E-state index is 12.8. The van der Waals surface area contributed by atoms with Crippen molar-refractivity contribution in [3.05, 3.63) is 24.3 Å². The third-order valence-electron chi connectivity index (χ3n) is 4.73. The zero-order chi connectivity index (χ0) is 17.5. The minimum atomic E-state index is -3.26. The second-order valence-electron chi connectivity index (χ2n) is 6.63. The Kier molecular flexibility index (Phi) is 4.38. The molecule has 1 atom stereocenters. The van der Waals surface area contributed by atoms with E-state index >= 15 is 0 Å². The summed E-state index contributed by atoms with van der Waals surface area (Å²) in [6, 6.07) is 5.83. The lowest BCUT2D eigenvalue weighted by atomic mass is 10.1. The first kappa shape index (κ1) is 17.0. The Labute approximate surface area is 142 Å². The van der Waals surface area contributed by atoms with Crippen LogP contribution in [0.3, 0.4) is 0 Å². The summed E-state index contributed by atoms with van der Waals surface area (Å²) in [5.74, 6) is 0.0954. The first-order valence-corrected chi connectivity index (χ1v) is 10.1. The topological polar surface area (TPSA) is 74.8 Å². The molecule has 1 aliphatic heterocycles. The average molecular weight is 350 g/mol. The summed E-state index contributed by atoms with van der Waals surface area (Å²) in [5.41, 5.74) is 0.623. The van der Waals surface area contributed by atoms with Gasteiger partial charge in [-0.3, -0.25) is 9.59 Å². The van der Waals surface area contributed by atoms with Crippen molar-refractivity contribution in [3.63, 3.8) is 0 Å². The van der Waals surface area contributed by atoms with E-state index in [1.807, 2.05) is 0 Å². The van der Waals surface area contributed by atoms with Gasteiger partial charge in [-0.1, -0.05) is 0 Å². The largest absolute Gasteiger partial charge is 0.330 e. The van der Waals surface area contributed by atoms with Gasteiger partial charge in [0.25, 0.3) is 0 Å². The Morgan fingerprint density at radius 1 is 1.12 bits per heavy atom. The van der Waals surface area contributed by atoms with Crippen LogP contribution in [0.15, 0.2) is 29.2 Å². The number of carbonyl (C=O) groups is 2. The third kappa shape index (κ3) is 3.31. The number of amides is 2. The molecule has 1 aromatic carbocycles. The van der Waals surface area contributed by atoms with Crippen molar-refractivity contribution in [2.45, 2.75) is 36.6 Å². The van der Waals surface area contributed by atoms with E-state index in [4.69, 9.17) is 0 Å². The molecule has 3 rings (SSSR count). The lowest BCUT2D eigenvalue weighted by Gasteiger charge is -2.28. The molecule has 2 amide bonds. The highest BCUT2D eigenvalue weighted by Crippen LogP contribution is 2.34. The Balaban J connectivity index is 1.75. The quantitative estimate of drug-likeness (QED) is 0.824. The second kappa shape index (κ2) is 6.20. The highest BCUT2D eigenvalue weighted by atomic mass is 32.2. The van der Waals surface area contributed by atoms with Gasteiger partial charge in [-0.15, -0.1) is 0 Å². The number of sulfone groups is 1. The fraction of sp³-hybridized carbons (Fsp3) is 0.529. The number of hydrogen-bond donors (Lipinski definition) is 0. The number of anilines is 1. The van der Waals surface area contributed by atoms with E-state index < -0.39 is 15.9 Å². The molecule has 2 aliphatic rings. The van der Waals surface area contributed by atoms with Crippen molar-refractivity contribution in [1.29, 1.82) is 0 Å². The van der Waals surface area contributed by atoms with E-state index in [0.717, 1.165) is 25.5 Å². The predicted octanol–water partition coefficient (Wildman–Crippen LogP) is 1.45. The van der Waals surface area contributed by atoms with Crippen LogP contribution in [0.1, 0.15) is 25.7 Å². The molecule has 24 heavy (non-hydrogen) atoms. The van der Waals surface area contributed by atoms with E-state index in [2.05, 4.69) is 0 Å². The number of carbonyl (C=O) groups excluding carboxylic acids is 2. The van der Waals surface area contributed by atoms with Gasteiger partial charge >= 0.3 is 0 Å². The van der Waals surface area contributed by atoms with Crippen molar-refractivity contribution in [3.8, 4) is 0 Å². The maximum Gasteiger partial charge on any atom is 0.249 e. The molecule has 7 heteroatoms. The fourth-order valence-electron chi connectivity index (χ4n) is 3.12. The molecular formula is C17H22N2O4S. The smallest absolute Gasteiger partial charge is 0.249 e. The number of benzene rings is 1. The van der Waals surface area contributed by atoms with Gasteiger partial charge in [0.05, 0.1) is 4.90 Å². The van der Waals surface area contributed by atoms with E-state index in [1.165, 1.54) is 17.0 Å². The molecule has 1 saturated heterocycles. The second-order valence-corrected chi connectivity index (χ2v) is 8.64. The predicted molar refractivity (Wildman–Crippen MR) is 90.4 cm³/mol. The van der Waals surface area contributed by atoms with Crippen LogP contribution in [0.25, 0.3) is 0 Å². The Hall–Kier alpha value is -1.89. The minimum absolute atomic E-state index is 0.103. The van der Waals surface area contributed by atoms with Gasteiger partial charge in [0.2, 0.25) is 11.8 Å². The van der Waals surface area contributed by atoms with Crippen molar-refractivity contribution in [2.75, 3.05) is 24.7 Å². The molecule has 1 saturated carbocycles. The van der Waals surface area contributed by atoms with Gasteiger partial charge in [-0.05, 0) is 49.9 Å². The van der Waals surface area contributed by atoms with E-state index in [1.54, 1.807) is 24.1 Å². The summed E-state index contributed by atoms with van der Waals surface area (Å²) in [5, 5.41) is 0.